The van der Waals surface area contributed by atoms with Crippen LogP contribution in [0.25, 0.3) is 0 Å². The molecule has 106 valence electrons. The number of aliphatic hydroxyl groups is 1. The van der Waals surface area contributed by atoms with E-state index < -0.39 is 11.9 Å². The second kappa shape index (κ2) is 5.81. The van der Waals surface area contributed by atoms with Crippen LogP contribution in [0.15, 0.2) is 30.3 Å². The van der Waals surface area contributed by atoms with E-state index >= 15 is 0 Å². The normalized spacial score (nSPS) is 12.3. The molecule has 1 atom stereocenters. The highest BCUT2D eigenvalue weighted by Crippen LogP contribution is 2.33. The maximum absolute atomic E-state index is 13.2. The van der Waals surface area contributed by atoms with Crippen molar-refractivity contribution >= 4 is 11.6 Å². The molecular weight excluding hydrogens is 279 g/mol. The molecule has 0 radical (unpaired) electrons. The minimum atomic E-state index is -0.810. The third-order valence-corrected chi connectivity index (χ3v) is 3.66. The first kappa shape index (κ1) is 14.8. The monoisotopic (exact) mass is 294 g/mol. The number of ether oxygens (including phenoxy) is 1. The lowest BCUT2D eigenvalue weighted by atomic mass is 10.1. The summed E-state index contributed by atoms with van der Waals surface area (Å²) in [6, 6.07) is 7.71. The fourth-order valence-electron chi connectivity index (χ4n) is 2.03. The molecule has 0 unspecified atom stereocenters. The molecular formula is C16H16ClFO2. The van der Waals surface area contributed by atoms with E-state index in [2.05, 4.69) is 0 Å². The van der Waals surface area contributed by atoms with Gasteiger partial charge in [0.15, 0.2) is 0 Å². The van der Waals surface area contributed by atoms with E-state index in [0.717, 1.165) is 11.1 Å². The summed E-state index contributed by atoms with van der Waals surface area (Å²) in [6.07, 6.45) is -0.810. The average Bonchev–Trinajstić information content (AvgIpc) is 2.37. The Balaban J connectivity index is 2.40. The minimum Gasteiger partial charge on any atom is -0.457 e. The Kier molecular flexibility index (Phi) is 4.31. The second-order valence-electron chi connectivity index (χ2n) is 4.83. The summed E-state index contributed by atoms with van der Waals surface area (Å²) in [5.41, 5.74) is 2.22. The van der Waals surface area contributed by atoms with Gasteiger partial charge in [0, 0.05) is 10.6 Å². The molecule has 0 bridgehead atoms. The fourth-order valence-corrected chi connectivity index (χ4v) is 2.14. The Hall–Kier alpha value is -1.58. The van der Waals surface area contributed by atoms with Crippen LogP contribution in [0, 0.1) is 19.7 Å². The third kappa shape index (κ3) is 3.11. The van der Waals surface area contributed by atoms with Crippen LogP contribution in [0.4, 0.5) is 4.39 Å². The molecule has 2 aromatic carbocycles. The fraction of sp³-hybridized carbons (Fsp3) is 0.250. The van der Waals surface area contributed by atoms with Gasteiger partial charge in [0.2, 0.25) is 0 Å². The van der Waals surface area contributed by atoms with E-state index in [9.17, 15) is 9.50 Å². The molecule has 0 aliphatic carbocycles. The van der Waals surface area contributed by atoms with Gasteiger partial charge < -0.3 is 9.84 Å². The zero-order chi connectivity index (χ0) is 14.9. The SMILES string of the molecule is Cc1cc(Oc2ccc(F)cc2[C@H](C)O)cc(C)c1Cl. The van der Waals surface area contributed by atoms with E-state index in [4.69, 9.17) is 16.3 Å². The second-order valence-corrected chi connectivity index (χ2v) is 5.21. The van der Waals surface area contributed by atoms with Crippen molar-refractivity contribution in [3.63, 3.8) is 0 Å². The van der Waals surface area contributed by atoms with Crippen molar-refractivity contribution in [3.8, 4) is 11.5 Å². The standard InChI is InChI=1S/C16H16ClFO2/c1-9-6-13(7-10(2)16(9)17)20-15-5-4-12(18)8-14(15)11(3)19/h4-8,11,19H,1-3H3/t11-/m0/s1. The van der Waals surface area contributed by atoms with Crippen LogP contribution in [0.2, 0.25) is 5.02 Å². The minimum absolute atomic E-state index is 0.406. The number of hydrogen-bond donors (Lipinski definition) is 1. The molecule has 4 heteroatoms. The molecule has 2 rings (SSSR count). The quantitative estimate of drug-likeness (QED) is 0.868. The zero-order valence-corrected chi connectivity index (χ0v) is 12.3. The van der Waals surface area contributed by atoms with Crippen molar-refractivity contribution in [1.29, 1.82) is 0 Å². The molecule has 2 nitrogen and oxygen atoms in total. The first-order chi connectivity index (χ1) is 9.38. The summed E-state index contributed by atoms with van der Waals surface area (Å²) in [5, 5.41) is 10.4. The topological polar surface area (TPSA) is 29.5 Å². The molecule has 0 aliphatic heterocycles. The van der Waals surface area contributed by atoms with Gasteiger partial charge in [-0.3, -0.25) is 0 Å². The van der Waals surface area contributed by atoms with Crippen molar-refractivity contribution in [2.75, 3.05) is 0 Å². The van der Waals surface area contributed by atoms with Crippen LogP contribution in [-0.2, 0) is 0 Å². The van der Waals surface area contributed by atoms with Crippen LogP contribution >= 0.6 is 11.6 Å². The molecule has 0 heterocycles. The lowest BCUT2D eigenvalue weighted by Gasteiger charge is -2.14. The molecule has 0 fully saturated rings. The highest BCUT2D eigenvalue weighted by molar-refractivity contribution is 6.32. The third-order valence-electron chi connectivity index (χ3n) is 3.06. The summed E-state index contributed by atoms with van der Waals surface area (Å²) in [6.45, 7) is 5.35. The summed E-state index contributed by atoms with van der Waals surface area (Å²) >= 11 is 6.11. The molecule has 1 N–H and O–H groups in total. The Bertz CT molecular complexity index is 615. The molecule has 0 spiro atoms. The van der Waals surface area contributed by atoms with Crippen LogP contribution in [0.3, 0.4) is 0 Å². The largest absolute Gasteiger partial charge is 0.457 e. The Morgan fingerprint density at radius 3 is 2.30 bits per heavy atom. The van der Waals surface area contributed by atoms with Crippen LogP contribution in [-0.4, -0.2) is 5.11 Å². The summed E-state index contributed by atoms with van der Waals surface area (Å²) in [4.78, 5) is 0. The van der Waals surface area contributed by atoms with Crippen LogP contribution < -0.4 is 4.74 Å². The van der Waals surface area contributed by atoms with Gasteiger partial charge in [0.1, 0.15) is 17.3 Å². The molecule has 0 aromatic heterocycles. The van der Waals surface area contributed by atoms with Crippen molar-refractivity contribution in [2.45, 2.75) is 26.9 Å². The number of rotatable bonds is 3. The van der Waals surface area contributed by atoms with Gasteiger partial charge in [0.25, 0.3) is 0 Å². The molecule has 0 saturated heterocycles. The molecule has 2 aromatic rings. The lowest BCUT2D eigenvalue weighted by molar-refractivity contribution is 0.195. The maximum Gasteiger partial charge on any atom is 0.133 e. The number of hydrogen-bond acceptors (Lipinski definition) is 2. The highest BCUT2D eigenvalue weighted by Gasteiger charge is 2.12. The Morgan fingerprint density at radius 2 is 1.75 bits per heavy atom. The smallest absolute Gasteiger partial charge is 0.133 e. The summed E-state index contributed by atoms with van der Waals surface area (Å²) in [5.74, 6) is 0.636. The van der Waals surface area contributed by atoms with Gasteiger partial charge >= 0.3 is 0 Å². The van der Waals surface area contributed by atoms with Gasteiger partial charge in [-0.25, -0.2) is 4.39 Å². The van der Waals surface area contributed by atoms with Crippen LogP contribution in [0.1, 0.15) is 29.7 Å². The molecule has 0 saturated carbocycles. The van der Waals surface area contributed by atoms with Crippen molar-refractivity contribution < 1.29 is 14.2 Å². The maximum atomic E-state index is 13.2. The van der Waals surface area contributed by atoms with E-state index in [0.29, 0.717) is 22.1 Å². The van der Waals surface area contributed by atoms with Gasteiger partial charge in [-0.05, 0) is 62.2 Å². The van der Waals surface area contributed by atoms with Crippen molar-refractivity contribution in [1.82, 2.24) is 0 Å². The predicted molar refractivity (Wildman–Crippen MR) is 78.0 cm³/mol. The highest BCUT2D eigenvalue weighted by atomic mass is 35.5. The first-order valence-electron chi connectivity index (χ1n) is 6.30. The van der Waals surface area contributed by atoms with Crippen molar-refractivity contribution in [3.05, 3.63) is 57.9 Å². The van der Waals surface area contributed by atoms with Gasteiger partial charge in [-0.1, -0.05) is 11.6 Å². The number of benzene rings is 2. The van der Waals surface area contributed by atoms with E-state index in [1.807, 2.05) is 26.0 Å². The molecule has 0 amide bonds. The van der Waals surface area contributed by atoms with Crippen LogP contribution in [0.5, 0.6) is 11.5 Å². The number of aliphatic hydroxyl groups excluding tert-OH is 1. The number of aryl methyl sites for hydroxylation is 2. The summed E-state index contributed by atoms with van der Waals surface area (Å²) in [7, 11) is 0. The number of halogens is 2. The Labute approximate surface area is 122 Å². The summed E-state index contributed by atoms with van der Waals surface area (Å²) < 4.78 is 19.0. The van der Waals surface area contributed by atoms with Crippen molar-refractivity contribution in [2.24, 2.45) is 0 Å². The average molecular weight is 295 g/mol. The van der Waals surface area contributed by atoms with Gasteiger partial charge in [-0.15, -0.1) is 0 Å². The first-order valence-corrected chi connectivity index (χ1v) is 6.68. The Morgan fingerprint density at radius 1 is 1.15 bits per heavy atom. The molecule has 0 aliphatic rings. The van der Waals surface area contributed by atoms with E-state index in [-0.39, 0.29) is 0 Å². The van der Waals surface area contributed by atoms with Gasteiger partial charge in [-0.2, -0.15) is 0 Å². The predicted octanol–water partition coefficient (Wildman–Crippen LogP) is 4.94. The van der Waals surface area contributed by atoms with Gasteiger partial charge in [0.05, 0.1) is 6.10 Å². The van der Waals surface area contributed by atoms with E-state index in [1.54, 1.807) is 6.92 Å². The molecule has 20 heavy (non-hydrogen) atoms. The lowest BCUT2D eigenvalue weighted by Crippen LogP contribution is -1.97. The van der Waals surface area contributed by atoms with E-state index in [1.165, 1.54) is 18.2 Å². The zero-order valence-electron chi connectivity index (χ0n) is 11.6.